The Balaban J connectivity index is 2.21. The van der Waals surface area contributed by atoms with Crippen LogP contribution in [0.5, 0.6) is 5.75 Å². The molecular formula is C14H12Cl2N2O2. The monoisotopic (exact) mass is 310 g/mol. The van der Waals surface area contributed by atoms with Crippen LogP contribution in [0.3, 0.4) is 0 Å². The van der Waals surface area contributed by atoms with E-state index in [2.05, 4.69) is 5.32 Å². The highest BCUT2D eigenvalue weighted by Crippen LogP contribution is 2.25. The third-order valence-electron chi connectivity index (χ3n) is 2.61. The lowest BCUT2D eigenvalue weighted by Gasteiger charge is -2.09. The molecule has 1 amide bonds. The summed E-state index contributed by atoms with van der Waals surface area (Å²) in [5.74, 6) is 0.229. The molecule has 0 atom stereocenters. The van der Waals surface area contributed by atoms with Crippen LogP contribution in [0.25, 0.3) is 0 Å². The smallest absolute Gasteiger partial charge is 0.255 e. The fourth-order valence-electron chi connectivity index (χ4n) is 1.70. The second-order valence-corrected chi connectivity index (χ2v) is 4.94. The van der Waals surface area contributed by atoms with Crippen molar-refractivity contribution in [3.05, 3.63) is 52.0 Å². The number of nitrogen functional groups attached to an aromatic ring is 1. The van der Waals surface area contributed by atoms with Gasteiger partial charge in [-0.2, -0.15) is 0 Å². The quantitative estimate of drug-likeness (QED) is 0.847. The number of hydrogen-bond donors (Lipinski definition) is 2. The normalized spacial score (nSPS) is 10.2. The first-order valence-corrected chi connectivity index (χ1v) is 6.46. The van der Waals surface area contributed by atoms with Gasteiger partial charge in [0.25, 0.3) is 5.91 Å². The van der Waals surface area contributed by atoms with Crippen LogP contribution < -0.4 is 15.8 Å². The maximum atomic E-state index is 12.1. The molecule has 104 valence electrons. The van der Waals surface area contributed by atoms with Gasteiger partial charge in [0.2, 0.25) is 0 Å². The first-order chi connectivity index (χ1) is 9.49. The molecular weight excluding hydrogens is 299 g/mol. The molecule has 0 aliphatic rings. The predicted molar refractivity (Wildman–Crippen MR) is 81.8 cm³/mol. The fourth-order valence-corrected chi connectivity index (χ4v) is 2.23. The van der Waals surface area contributed by atoms with Crippen molar-refractivity contribution < 1.29 is 9.53 Å². The van der Waals surface area contributed by atoms with E-state index in [0.29, 0.717) is 32.7 Å². The zero-order chi connectivity index (χ0) is 14.7. The predicted octanol–water partition coefficient (Wildman–Crippen LogP) is 3.84. The van der Waals surface area contributed by atoms with Crippen LogP contribution in [0.4, 0.5) is 11.4 Å². The third-order valence-corrected chi connectivity index (χ3v) is 3.05. The van der Waals surface area contributed by atoms with Gasteiger partial charge in [0, 0.05) is 21.3 Å². The lowest BCUT2D eigenvalue weighted by Crippen LogP contribution is -2.12. The number of nitrogens with two attached hydrogens (primary N) is 1. The summed E-state index contributed by atoms with van der Waals surface area (Å²) < 4.78 is 5.05. The molecule has 0 aliphatic carbocycles. The average molecular weight is 311 g/mol. The number of hydrogen-bond acceptors (Lipinski definition) is 3. The summed E-state index contributed by atoms with van der Waals surface area (Å²) in [5.41, 5.74) is 7.15. The Bertz CT molecular complexity index is 639. The van der Waals surface area contributed by atoms with Gasteiger partial charge in [0.1, 0.15) is 5.75 Å². The maximum Gasteiger partial charge on any atom is 0.255 e. The summed E-state index contributed by atoms with van der Waals surface area (Å²) in [5, 5.41) is 3.51. The minimum absolute atomic E-state index is 0.320. The average Bonchev–Trinajstić information content (AvgIpc) is 2.37. The van der Waals surface area contributed by atoms with Gasteiger partial charge in [0.15, 0.2) is 0 Å². The molecule has 0 aromatic heterocycles. The molecule has 0 fully saturated rings. The van der Waals surface area contributed by atoms with Crippen molar-refractivity contribution in [3.8, 4) is 5.75 Å². The number of amides is 1. The highest BCUT2D eigenvalue weighted by atomic mass is 35.5. The van der Waals surface area contributed by atoms with Gasteiger partial charge in [-0.3, -0.25) is 4.79 Å². The van der Waals surface area contributed by atoms with Crippen LogP contribution in [0.1, 0.15) is 10.4 Å². The molecule has 0 bridgehead atoms. The maximum absolute atomic E-state index is 12.1. The van der Waals surface area contributed by atoms with Crippen LogP contribution in [0, 0.1) is 0 Å². The molecule has 0 radical (unpaired) electrons. The van der Waals surface area contributed by atoms with E-state index in [1.165, 1.54) is 19.2 Å². The van der Waals surface area contributed by atoms with Crippen LogP contribution in [0.15, 0.2) is 36.4 Å². The fraction of sp³-hybridized carbons (Fsp3) is 0.0714. The molecule has 0 spiro atoms. The van der Waals surface area contributed by atoms with Crippen molar-refractivity contribution in [1.29, 1.82) is 0 Å². The summed E-state index contributed by atoms with van der Waals surface area (Å²) in [6, 6.07) is 9.62. The highest BCUT2D eigenvalue weighted by molar-refractivity contribution is 6.35. The van der Waals surface area contributed by atoms with Crippen molar-refractivity contribution in [2.24, 2.45) is 0 Å². The number of rotatable bonds is 3. The summed E-state index contributed by atoms with van der Waals surface area (Å²) in [6.07, 6.45) is 0. The Hall–Kier alpha value is -1.91. The minimum Gasteiger partial charge on any atom is -0.495 e. The molecule has 4 nitrogen and oxygen atoms in total. The molecule has 0 saturated carbocycles. The standard InChI is InChI=1S/C14H12Cl2N2O2/c1-20-13-3-2-11(7-12(13)17)18-14(19)8-4-9(15)6-10(16)5-8/h2-7H,17H2,1H3,(H,18,19). The number of ether oxygens (including phenoxy) is 1. The topological polar surface area (TPSA) is 64.3 Å². The lowest BCUT2D eigenvalue weighted by atomic mass is 10.2. The zero-order valence-corrected chi connectivity index (χ0v) is 12.1. The highest BCUT2D eigenvalue weighted by Gasteiger charge is 2.09. The van der Waals surface area contributed by atoms with Crippen molar-refractivity contribution >= 4 is 40.5 Å². The SMILES string of the molecule is COc1ccc(NC(=O)c2cc(Cl)cc(Cl)c2)cc1N. The first kappa shape index (κ1) is 14.5. The molecule has 0 saturated heterocycles. The van der Waals surface area contributed by atoms with Crippen LogP contribution >= 0.6 is 23.2 Å². The van der Waals surface area contributed by atoms with E-state index in [1.807, 2.05) is 0 Å². The molecule has 6 heteroatoms. The van der Waals surface area contributed by atoms with E-state index in [1.54, 1.807) is 24.3 Å². The molecule has 2 aromatic carbocycles. The molecule has 2 rings (SSSR count). The molecule has 2 aromatic rings. The van der Waals surface area contributed by atoms with Gasteiger partial charge in [-0.05, 0) is 36.4 Å². The van der Waals surface area contributed by atoms with E-state index in [-0.39, 0.29) is 5.91 Å². The molecule has 0 unspecified atom stereocenters. The van der Waals surface area contributed by atoms with Crippen molar-refractivity contribution in [2.45, 2.75) is 0 Å². The minimum atomic E-state index is -0.320. The number of carbonyl (C=O) groups is 1. The summed E-state index contributed by atoms with van der Waals surface area (Å²) in [6.45, 7) is 0. The Morgan fingerprint density at radius 3 is 2.35 bits per heavy atom. The molecule has 0 heterocycles. The van der Waals surface area contributed by atoms with Gasteiger partial charge in [-0.1, -0.05) is 23.2 Å². The number of methoxy groups -OCH3 is 1. The van der Waals surface area contributed by atoms with Crippen LogP contribution in [-0.4, -0.2) is 13.0 Å². The summed E-state index contributed by atoms with van der Waals surface area (Å²) >= 11 is 11.7. The second kappa shape index (κ2) is 6.03. The van der Waals surface area contributed by atoms with Gasteiger partial charge < -0.3 is 15.8 Å². The van der Waals surface area contributed by atoms with Crippen LogP contribution in [-0.2, 0) is 0 Å². The van der Waals surface area contributed by atoms with E-state index in [9.17, 15) is 4.79 Å². The summed E-state index contributed by atoms with van der Waals surface area (Å²) in [4.78, 5) is 12.1. The lowest BCUT2D eigenvalue weighted by molar-refractivity contribution is 0.102. The molecule has 20 heavy (non-hydrogen) atoms. The molecule has 0 aliphatic heterocycles. The van der Waals surface area contributed by atoms with Gasteiger partial charge in [-0.25, -0.2) is 0 Å². The third kappa shape index (κ3) is 3.35. The second-order valence-electron chi connectivity index (χ2n) is 4.07. The first-order valence-electron chi connectivity index (χ1n) is 5.70. The number of benzene rings is 2. The van der Waals surface area contributed by atoms with E-state index in [4.69, 9.17) is 33.7 Å². The molecule has 3 N–H and O–H groups in total. The van der Waals surface area contributed by atoms with E-state index in [0.717, 1.165) is 0 Å². The summed E-state index contributed by atoms with van der Waals surface area (Å²) in [7, 11) is 1.53. The number of anilines is 2. The zero-order valence-electron chi connectivity index (χ0n) is 10.6. The van der Waals surface area contributed by atoms with Crippen molar-refractivity contribution in [2.75, 3.05) is 18.2 Å². The van der Waals surface area contributed by atoms with Crippen molar-refractivity contribution in [3.63, 3.8) is 0 Å². The van der Waals surface area contributed by atoms with E-state index >= 15 is 0 Å². The largest absolute Gasteiger partial charge is 0.495 e. The van der Waals surface area contributed by atoms with Gasteiger partial charge in [0.05, 0.1) is 12.8 Å². The van der Waals surface area contributed by atoms with Crippen LogP contribution in [0.2, 0.25) is 10.0 Å². The Labute approximate surface area is 126 Å². The Morgan fingerprint density at radius 1 is 1.15 bits per heavy atom. The van der Waals surface area contributed by atoms with Gasteiger partial charge in [-0.15, -0.1) is 0 Å². The van der Waals surface area contributed by atoms with Gasteiger partial charge >= 0.3 is 0 Å². The number of carbonyl (C=O) groups excluding carboxylic acids is 1. The van der Waals surface area contributed by atoms with E-state index < -0.39 is 0 Å². The van der Waals surface area contributed by atoms with Crippen molar-refractivity contribution in [1.82, 2.24) is 0 Å². The Morgan fingerprint density at radius 2 is 1.80 bits per heavy atom. The number of nitrogens with one attached hydrogen (secondary N) is 1. The number of halogens is 2. The Kier molecular flexibility index (Phi) is 4.37.